The van der Waals surface area contributed by atoms with Crippen LogP contribution in [0.4, 0.5) is 0 Å². The molecule has 0 aliphatic heterocycles. The summed E-state index contributed by atoms with van der Waals surface area (Å²) in [4.78, 5) is 4.35. The van der Waals surface area contributed by atoms with Crippen molar-refractivity contribution in [2.45, 2.75) is 40.5 Å². The molecule has 12 heavy (non-hydrogen) atoms. The second-order valence-corrected chi connectivity index (χ2v) is 3.97. The third-order valence-corrected chi connectivity index (χ3v) is 1.68. The monoisotopic (exact) mass is 165 g/mol. The van der Waals surface area contributed by atoms with Crippen LogP contribution in [0.15, 0.2) is 18.3 Å². The Labute approximate surface area is 75.8 Å². The van der Waals surface area contributed by atoms with Gasteiger partial charge >= 0.3 is 0 Å². The lowest BCUT2D eigenvalue weighted by atomic mass is 9.91. The second-order valence-electron chi connectivity index (χ2n) is 3.97. The van der Waals surface area contributed by atoms with Gasteiger partial charge in [-0.05, 0) is 18.6 Å². The second kappa shape index (κ2) is 3.70. The molecule has 0 aliphatic rings. The fourth-order valence-electron chi connectivity index (χ4n) is 0.911. The quantitative estimate of drug-likeness (QED) is 0.574. The molecule has 1 aromatic rings. The number of nitrogens with zero attached hydrogens (tertiary/aromatic N) is 1. The highest BCUT2D eigenvalue weighted by Gasteiger charge is 2.13. The summed E-state index contributed by atoms with van der Waals surface area (Å²) in [6.07, 6.45) is 1.92. The molecule has 1 aromatic heterocycles. The third-order valence-electron chi connectivity index (χ3n) is 1.68. The van der Waals surface area contributed by atoms with E-state index in [0.29, 0.717) is 0 Å². The number of hydrogen-bond donors (Lipinski definition) is 0. The van der Waals surface area contributed by atoms with Crippen molar-refractivity contribution < 1.29 is 0 Å². The zero-order valence-corrected chi connectivity index (χ0v) is 7.68. The van der Waals surface area contributed by atoms with Crippen molar-refractivity contribution in [3.63, 3.8) is 0 Å². The summed E-state index contributed by atoms with van der Waals surface area (Å²) in [5.74, 6) is 0. The van der Waals surface area contributed by atoms with Gasteiger partial charge in [0.1, 0.15) is 0 Å². The maximum Gasteiger partial charge on any atom is 0.0457 e. The van der Waals surface area contributed by atoms with Crippen LogP contribution in [0.5, 0.6) is 0 Å². The van der Waals surface area contributed by atoms with E-state index >= 15 is 0 Å². The first-order valence-electron chi connectivity index (χ1n) is 3.93. The van der Waals surface area contributed by atoms with E-state index in [4.69, 9.17) is 0 Å². The Balaban J connectivity index is 0.00000121. The van der Waals surface area contributed by atoms with E-state index < -0.39 is 0 Å². The summed E-state index contributed by atoms with van der Waals surface area (Å²) >= 11 is 0. The first-order chi connectivity index (χ1) is 5.00. The van der Waals surface area contributed by atoms with E-state index in [2.05, 4.69) is 44.8 Å². The van der Waals surface area contributed by atoms with Gasteiger partial charge in [0.15, 0.2) is 0 Å². The summed E-state index contributed by atoms with van der Waals surface area (Å²) in [7, 11) is 0. The number of rotatable bonds is 0. The Morgan fingerprint density at radius 3 is 2.08 bits per heavy atom. The summed E-state index contributed by atoms with van der Waals surface area (Å²) in [6, 6.07) is 4.20. The van der Waals surface area contributed by atoms with Crippen LogP contribution in [-0.2, 0) is 5.41 Å². The highest BCUT2D eigenvalue weighted by molar-refractivity contribution is 5.17. The highest BCUT2D eigenvalue weighted by Crippen LogP contribution is 2.19. The van der Waals surface area contributed by atoms with Crippen LogP contribution in [0.1, 0.15) is 39.5 Å². The number of aryl methyl sites for hydroxylation is 1. The number of hydrogen-bond acceptors (Lipinski definition) is 1. The van der Waals surface area contributed by atoms with Crippen molar-refractivity contribution in [3.05, 3.63) is 29.6 Å². The lowest BCUT2D eigenvalue weighted by Gasteiger charge is -2.16. The lowest BCUT2D eigenvalue weighted by molar-refractivity contribution is 0.568. The minimum absolute atomic E-state index is 0. The van der Waals surface area contributed by atoms with E-state index in [1.54, 1.807) is 0 Å². The summed E-state index contributed by atoms with van der Waals surface area (Å²) < 4.78 is 0. The van der Waals surface area contributed by atoms with Gasteiger partial charge in [-0.1, -0.05) is 34.3 Å². The topological polar surface area (TPSA) is 12.9 Å². The average molecular weight is 165 g/mol. The van der Waals surface area contributed by atoms with Crippen molar-refractivity contribution in [2.24, 2.45) is 0 Å². The molecule has 68 valence electrons. The molecule has 0 aromatic carbocycles. The molecule has 0 fully saturated rings. The van der Waals surface area contributed by atoms with Crippen LogP contribution in [-0.4, -0.2) is 4.98 Å². The molecule has 1 nitrogen and oxygen atoms in total. The Bertz CT molecular complexity index is 228. The van der Waals surface area contributed by atoms with Gasteiger partial charge in [-0.3, -0.25) is 4.98 Å². The SMILES string of the molecule is C.Cc1ccc(C(C)(C)C)nc1. The van der Waals surface area contributed by atoms with Crippen molar-refractivity contribution >= 4 is 0 Å². The minimum atomic E-state index is 0. The molecule has 0 spiro atoms. The zero-order valence-electron chi connectivity index (χ0n) is 7.68. The van der Waals surface area contributed by atoms with Gasteiger partial charge in [0.25, 0.3) is 0 Å². The Morgan fingerprint density at radius 2 is 1.75 bits per heavy atom. The number of aromatic nitrogens is 1. The van der Waals surface area contributed by atoms with Crippen LogP contribution in [0.2, 0.25) is 0 Å². The van der Waals surface area contributed by atoms with Crippen LogP contribution in [0, 0.1) is 6.92 Å². The van der Waals surface area contributed by atoms with E-state index in [1.165, 1.54) is 5.56 Å². The third kappa shape index (κ3) is 2.65. The molecule has 1 heterocycles. The van der Waals surface area contributed by atoms with Gasteiger partial charge in [-0.25, -0.2) is 0 Å². The molecule has 1 rings (SSSR count). The summed E-state index contributed by atoms with van der Waals surface area (Å²) in [5.41, 5.74) is 2.55. The fourth-order valence-corrected chi connectivity index (χ4v) is 0.911. The Morgan fingerprint density at radius 1 is 1.17 bits per heavy atom. The van der Waals surface area contributed by atoms with Crippen molar-refractivity contribution in [3.8, 4) is 0 Å². The van der Waals surface area contributed by atoms with E-state index in [-0.39, 0.29) is 12.8 Å². The molecule has 0 saturated carbocycles. The first-order valence-corrected chi connectivity index (χ1v) is 3.93. The highest BCUT2D eigenvalue weighted by atomic mass is 14.7. The summed E-state index contributed by atoms with van der Waals surface area (Å²) in [5, 5.41) is 0. The predicted octanol–water partition coefficient (Wildman–Crippen LogP) is 3.32. The first kappa shape index (κ1) is 11.2. The van der Waals surface area contributed by atoms with Gasteiger partial charge in [-0.2, -0.15) is 0 Å². The fraction of sp³-hybridized carbons (Fsp3) is 0.545. The Hall–Kier alpha value is -0.850. The maximum absolute atomic E-state index is 4.35. The standard InChI is InChI=1S/C10H15N.CH4/c1-8-5-6-9(11-7-8)10(2,3)4;/h5-7H,1-4H3;1H4. The average Bonchev–Trinajstić information content (AvgIpc) is 1.86. The van der Waals surface area contributed by atoms with Crippen molar-refractivity contribution in [1.29, 1.82) is 0 Å². The molecular weight excluding hydrogens is 146 g/mol. The molecule has 0 N–H and O–H groups in total. The largest absolute Gasteiger partial charge is 0.260 e. The summed E-state index contributed by atoms with van der Waals surface area (Å²) in [6.45, 7) is 8.57. The van der Waals surface area contributed by atoms with Gasteiger partial charge in [0, 0.05) is 17.3 Å². The molecule has 0 radical (unpaired) electrons. The molecule has 0 unspecified atom stereocenters. The van der Waals surface area contributed by atoms with Crippen LogP contribution in [0.25, 0.3) is 0 Å². The van der Waals surface area contributed by atoms with Gasteiger partial charge in [0.2, 0.25) is 0 Å². The molecule has 0 amide bonds. The molecule has 0 aliphatic carbocycles. The minimum Gasteiger partial charge on any atom is -0.260 e. The number of pyridine rings is 1. The van der Waals surface area contributed by atoms with Crippen molar-refractivity contribution in [1.82, 2.24) is 4.98 Å². The van der Waals surface area contributed by atoms with Crippen LogP contribution >= 0.6 is 0 Å². The van der Waals surface area contributed by atoms with Crippen LogP contribution < -0.4 is 0 Å². The molecule has 0 atom stereocenters. The van der Waals surface area contributed by atoms with Gasteiger partial charge in [-0.15, -0.1) is 0 Å². The zero-order chi connectivity index (χ0) is 8.48. The van der Waals surface area contributed by atoms with Gasteiger partial charge < -0.3 is 0 Å². The van der Waals surface area contributed by atoms with Crippen LogP contribution in [0.3, 0.4) is 0 Å². The maximum atomic E-state index is 4.35. The molecular formula is C11H19N. The molecule has 1 heteroatoms. The Kier molecular flexibility index (Phi) is 3.44. The smallest absolute Gasteiger partial charge is 0.0457 e. The van der Waals surface area contributed by atoms with Crippen molar-refractivity contribution in [2.75, 3.05) is 0 Å². The normalized spacial score (nSPS) is 10.7. The van der Waals surface area contributed by atoms with E-state index in [0.717, 1.165) is 5.69 Å². The predicted molar refractivity (Wildman–Crippen MR) is 54.4 cm³/mol. The van der Waals surface area contributed by atoms with E-state index in [9.17, 15) is 0 Å². The van der Waals surface area contributed by atoms with E-state index in [1.807, 2.05) is 6.20 Å². The van der Waals surface area contributed by atoms with Gasteiger partial charge in [0.05, 0.1) is 0 Å². The lowest BCUT2D eigenvalue weighted by Crippen LogP contribution is -2.12. The molecule has 0 saturated heterocycles. The molecule has 0 bridgehead atoms.